The summed E-state index contributed by atoms with van der Waals surface area (Å²) in [5, 5.41) is 18.2. The van der Waals surface area contributed by atoms with Gasteiger partial charge in [-0.2, -0.15) is 0 Å². The molecule has 92 valence electrons. The molecule has 1 aliphatic heterocycles. The molecule has 0 spiro atoms. The van der Waals surface area contributed by atoms with Crippen LogP contribution in [0.4, 0.5) is 0 Å². The normalized spacial score (nSPS) is 20.8. The smallest absolute Gasteiger partial charge is 0.423 e. The van der Waals surface area contributed by atoms with E-state index in [1.54, 1.807) is 13.2 Å². The molecule has 4 nitrogen and oxygen atoms in total. The lowest BCUT2D eigenvalue weighted by atomic mass is 9.79. The fourth-order valence-electron chi connectivity index (χ4n) is 2.24. The first-order chi connectivity index (χ1) is 8.19. The lowest BCUT2D eigenvalue weighted by Gasteiger charge is -2.16. The van der Waals surface area contributed by atoms with E-state index < -0.39 is 7.12 Å². The van der Waals surface area contributed by atoms with Crippen LogP contribution in [-0.2, 0) is 11.3 Å². The van der Waals surface area contributed by atoms with Gasteiger partial charge in [0.1, 0.15) is 0 Å². The molecule has 1 fully saturated rings. The zero-order valence-corrected chi connectivity index (χ0v) is 10.0. The Bertz CT molecular complexity index is 373. The number of benzene rings is 1. The summed E-state index contributed by atoms with van der Waals surface area (Å²) >= 11 is 0. The molecule has 0 bridgehead atoms. The van der Waals surface area contributed by atoms with Crippen LogP contribution in [0.25, 0.3) is 0 Å². The maximum absolute atomic E-state index is 9.11. The second-order valence-electron chi connectivity index (χ2n) is 4.50. The molecule has 1 aliphatic rings. The van der Waals surface area contributed by atoms with E-state index in [4.69, 9.17) is 14.8 Å². The van der Waals surface area contributed by atoms with Crippen LogP contribution in [-0.4, -0.2) is 48.4 Å². The third-order valence-electron chi connectivity index (χ3n) is 3.22. The van der Waals surface area contributed by atoms with E-state index in [1.807, 2.05) is 18.2 Å². The van der Waals surface area contributed by atoms with Crippen molar-refractivity contribution in [3.05, 3.63) is 29.8 Å². The van der Waals surface area contributed by atoms with Gasteiger partial charge in [-0.25, -0.2) is 0 Å². The van der Waals surface area contributed by atoms with E-state index in [0.29, 0.717) is 11.6 Å². The molecule has 1 aromatic carbocycles. The van der Waals surface area contributed by atoms with Crippen LogP contribution >= 0.6 is 0 Å². The number of nitrogens with zero attached hydrogens (tertiary/aromatic N) is 1. The number of rotatable bonds is 4. The number of hydrogen-bond donors (Lipinski definition) is 2. The lowest BCUT2D eigenvalue weighted by molar-refractivity contribution is 0.107. The highest BCUT2D eigenvalue weighted by atomic mass is 16.5. The van der Waals surface area contributed by atoms with Gasteiger partial charge in [0, 0.05) is 26.7 Å². The number of likely N-dealkylation sites (tertiary alicyclic amines) is 1. The summed E-state index contributed by atoms with van der Waals surface area (Å²) in [7, 11) is 0.358. The van der Waals surface area contributed by atoms with Crippen molar-refractivity contribution >= 4 is 12.6 Å². The van der Waals surface area contributed by atoms with Crippen LogP contribution in [0.5, 0.6) is 0 Å². The number of methoxy groups -OCH3 is 1. The fraction of sp³-hybridized carbons (Fsp3) is 0.500. The van der Waals surface area contributed by atoms with E-state index in [2.05, 4.69) is 4.90 Å². The van der Waals surface area contributed by atoms with E-state index in [1.165, 1.54) is 0 Å². The highest BCUT2D eigenvalue weighted by Crippen LogP contribution is 2.14. The Kier molecular flexibility index (Phi) is 4.18. The second-order valence-corrected chi connectivity index (χ2v) is 4.50. The van der Waals surface area contributed by atoms with Gasteiger partial charge in [0.15, 0.2) is 0 Å². The van der Waals surface area contributed by atoms with Crippen LogP contribution < -0.4 is 5.46 Å². The lowest BCUT2D eigenvalue weighted by Crippen LogP contribution is -2.30. The Morgan fingerprint density at radius 3 is 2.94 bits per heavy atom. The van der Waals surface area contributed by atoms with Crippen molar-refractivity contribution in [2.75, 3.05) is 20.2 Å². The summed E-state index contributed by atoms with van der Waals surface area (Å²) in [6.07, 6.45) is 1.40. The van der Waals surface area contributed by atoms with Crippen molar-refractivity contribution in [2.45, 2.75) is 19.1 Å². The quantitative estimate of drug-likeness (QED) is 0.696. The molecule has 1 aromatic rings. The standard InChI is InChI=1S/C12H18BNO3/c1-17-12-5-6-14(9-12)8-10-3-2-4-11(7-10)13(15)16/h2-4,7,12,15-16H,5-6,8-9H2,1H3. The molecule has 1 unspecified atom stereocenters. The summed E-state index contributed by atoms with van der Waals surface area (Å²) < 4.78 is 5.32. The molecule has 2 N–H and O–H groups in total. The van der Waals surface area contributed by atoms with Crippen molar-refractivity contribution in [3.8, 4) is 0 Å². The Morgan fingerprint density at radius 1 is 1.47 bits per heavy atom. The molecule has 17 heavy (non-hydrogen) atoms. The van der Waals surface area contributed by atoms with Gasteiger partial charge in [-0.15, -0.1) is 0 Å². The molecule has 0 aliphatic carbocycles. The number of hydrogen-bond acceptors (Lipinski definition) is 4. The minimum Gasteiger partial charge on any atom is -0.423 e. The first kappa shape index (κ1) is 12.6. The van der Waals surface area contributed by atoms with Crippen molar-refractivity contribution in [1.82, 2.24) is 4.90 Å². The van der Waals surface area contributed by atoms with Gasteiger partial charge >= 0.3 is 7.12 Å². The zero-order valence-electron chi connectivity index (χ0n) is 10.0. The summed E-state index contributed by atoms with van der Waals surface area (Å²) in [4.78, 5) is 2.32. The van der Waals surface area contributed by atoms with Crippen molar-refractivity contribution in [3.63, 3.8) is 0 Å². The van der Waals surface area contributed by atoms with Crippen molar-refractivity contribution in [2.24, 2.45) is 0 Å². The summed E-state index contributed by atoms with van der Waals surface area (Å²) in [5.41, 5.74) is 1.65. The van der Waals surface area contributed by atoms with Gasteiger partial charge in [-0.1, -0.05) is 24.3 Å². The molecule has 0 amide bonds. The van der Waals surface area contributed by atoms with Gasteiger partial charge in [-0.3, -0.25) is 4.90 Å². The third-order valence-corrected chi connectivity index (χ3v) is 3.22. The van der Waals surface area contributed by atoms with Gasteiger partial charge in [0.2, 0.25) is 0 Å². The summed E-state index contributed by atoms with van der Waals surface area (Å²) in [5.74, 6) is 0. The maximum Gasteiger partial charge on any atom is 0.488 e. The van der Waals surface area contributed by atoms with Gasteiger partial charge in [-0.05, 0) is 17.4 Å². The largest absolute Gasteiger partial charge is 0.488 e. The first-order valence-corrected chi connectivity index (χ1v) is 5.89. The minimum absolute atomic E-state index is 0.335. The third kappa shape index (κ3) is 3.29. The topological polar surface area (TPSA) is 52.9 Å². The van der Waals surface area contributed by atoms with E-state index in [9.17, 15) is 0 Å². The fourth-order valence-corrected chi connectivity index (χ4v) is 2.24. The van der Waals surface area contributed by atoms with Gasteiger partial charge in [0.05, 0.1) is 6.10 Å². The van der Waals surface area contributed by atoms with E-state index in [0.717, 1.165) is 31.6 Å². The average Bonchev–Trinajstić information content (AvgIpc) is 2.77. The van der Waals surface area contributed by atoms with E-state index >= 15 is 0 Å². The monoisotopic (exact) mass is 235 g/mol. The second kappa shape index (κ2) is 5.64. The van der Waals surface area contributed by atoms with Crippen molar-refractivity contribution < 1.29 is 14.8 Å². The van der Waals surface area contributed by atoms with Gasteiger partial charge < -0.3 is 14.8 Å². The Labute approximate surface area is 102 Å². The van der Waals surface area contributed by atoms with Crippen LogP contribution in [0.3, 0.4) is 0 Å². The number of ether oxygens (including phenoxy) is 1. The average molecular weight is 235 g/mol. The van der Waals surface area contributed by atoms with Crippen LogP contribution in [0.15, 0.2) is 24.3 Å². The van der Waals surface area contributed by atoms with Crippen LogP contribution in [0, 0.1) is 0 Å². The highest BCUT2D eigenvalue weighted by Gasteiger charge is 2.22. The highest BCUT2D eigenvalue weighted by molar-refractivity contribution is 6.58. The van der Waals surface area contributed by atoms with Crippen molar-refractivity contribution in [1.29, 1.82) is 0 Å². The van der Waals surface area contributed by atoms with E-state index in [-0.39, 0.29) is 0 Å². The van der Waals surface area contributed by atoms with Crippen LogP contribution in [0.1, 0.15) is 12.0 Å². The predicted molar refractivity (Wildman–Crippen MR) is 67.0 cm³/mol. The predicted octanol–water partition coefficient (Wildman–Crippen LogP) is -0.413. The molecule has 1 saturated heterocycles. The zero-order chi connectivity index (χ0) is 12.3. The summed E-state index contributed by atoms with van der Waals surface area (Å²) in [6.45, 7) is 2.81. The molecule has 0 saturated carbocycles. The summed E-state index contributed by atoms with van der Waals surface area (Å²) in [6, 6.07) is 7.42. The maximum atomic E-state index is 9.11. The molecule has 0 radical (unpaired) electrons. The molecule has 1 atom stereocenters. The first-order valence-electron chi connectivity index (χ1n) is 5.89. The van der Waals surface area contributed by atoms with Gasteiger partial charge in [0.25, 0.3) is 0 Å². The molecule has 0 aromatic heterocycles. The molecule has 5 heteroatoms. The SMILES string of the molecule is COC1CCN(Cc2cccc(B(O)O)c2)C1. The molecule has 2 rings (SSSR count). The molecular formula is C12H18BNO3. The molecular weight excluding hydrogens is 217 g/mol. The van der Waals surface area contributed by atoms with Crippen LogP contribution in [0.2, 0.25) is 0 Å². The Morgan fingerprint density at radius 2 is 2.29 bits per heavy atom. The molecule has 1 heterocycles. The minimum atomic E-state index is -1.39. The Balaban J connectivity index is 1.97. The Hall–Kier alpha value is -0.875.